The zero-order valence-corrected chi connectivity index (χ0v) is 14.7. The first-order valence-corrected chi connectivity index (χ1v) is 8.52. The topological polar surface area (TPSA) is 122 Å². The van der Waals surface area contributed by atoms with Crippen LogP contribution < -0.4 is 16.6 Å². The maximum absolute atomic E-state index is 11.5. The molecule has 0 aromatic carbocycles. The minimum absolute atomic E-state index is 0.0746. The highest BCUT2D eigenvalue weighted by molar-refractivity contribution is 5.91. The number of nitrogens with one attached hydrogen (secondary N) is 2. The van der Waals surface area contributed by atoms with Crippen molar-refractivity contribution in [3.8, 4) is 0 Å². The largest absolute Gasteiger partial charge is 0.370 e. The molecule has 8 nitrogen and oxygen atoms in total. The minimum atomic E-state index is -0.0746. The summed E-state index contributed by atoms with van der Waals surface area (Å²) in [4.78, 5) is 31.4. The first-order chi connectivity index (χ1) is 12.1. The van der Waals surface area contributed by atoms with E-state index in [0.717, 1.165) is 37.9 Å². The fraction of sp³-hybridized carbons (Fsp3) is 0.471. The van der Waals surface area contributed by atoms with Crippen LogP contribution in [0.25, 0.3) is 0 Å². The number of unbranched alkanes of at least 4 members (excludes halogenated alkanes) is 1. The Labute approximate surface area is 147 Å². The van der Waals surface area contributed by atoms with E-state index < -0.39 is 0 Å². The Balaban J connectivity index is 1.81. The second kappa shape index (κ2) is 9.51. The number of aryl methyl sites for hydroxylation is 3. The lowest BCUT2D eigenvalue weighted by atomic mass is 10.2. The molecule has 0 fully saturated rings. The van der Waals surface area contributed by atoms with Crippen LogP contribution in [0.5, 0.6) is 0 Å². The Bertz CT molecular complexity index is 770. The fourth-order valence-electron chi connectivity index (χ4n) is 2.19. The molecule has 8 heteroatoms. The number of hydrogen-bond acceptors (Lipinski definition) is 5. The summed E-state index contributed by atoms with van der Waals surface area (Å²) < 4.78 is 0. The fourth-order valence-corrected chi connectivity index (χ4v) is 2.19. The molecule has 4 N–H and O–H groups in total. The molecule has 0 radical (unpaired) electrons. The SMILES string of the molecule is CCCN=C(N)Nc1ccnc(CCCCc2ncc(C)c(=O)[nH]2)n1. The van der Waals surface area contributed by atoms with Gasteiger partial charge in [0.1, 0.15) is 17.5 Å². The van der Waals surface area contributed by atoms with Gasteiger partial charge in [-0.3, -0.25) is 9.79 Å². The normalized spacial score (nSPS) is 11.5. The number of anilines is 1. The molecule has 2 rings (SSSR count). The Morgan fingerprint density at radius 3 is 2.88 bits per heavy atom. The van der Waals surface area contributed by atoms with Gasteiger partial charge in [-0.1, -0.05) is 6.92 Å². The van der Waals surface area contributed by atoms with Gasteiger partial charge in [0.25, 0.3) is 5.56 Å². The quantitative estimate of drug-likeness (QED) is 0.380. The minimum Gasteiger partial charge on any atom is -0.370 e. The molecule has 134 valence electrons. The zero-order valence-electron chi connectivity index (χ0n) is 14.7. The molecule has 0 amide bonds. The molecular formula is C17H25N7O. The Morgan fingerprint density at radius 2 is 2.12 bits per heavy atom. The van der Waals surface area contributed by atoms with Crippen molar-refractivity contribution in [1.82, 2.24) is 19.9 Å². The van der Waals surface area contributed by atoms with E-state index in [1.807, 2.05) is 6.92 Å². The molecule has 0 aliphatic carbocycles. The van der Waals surface area contributed by atoms with Crippen LogP contribution in [-0.4, -0.2) is 32.4 Å². The van der Waals surface area contributed by atoms with Gasteiger partial charge in [0.2, 0.25) is 0 Å². The number of nitrogens with zero attached hydrogens (tertiary/aromatic N) is 4. The van der Waals surface area contributed by atoms with Crippen molar-refractivity contribution in [3.05, 3.63) is 46.0 Å². The number of rotatable bonds is 8. The van der Waals surface area contributed by atoms with E-state index in [0.29, 0.717) is 29.7 Å². The predicted octanol–water partition coefficient (Wildman–Crippen LogP) is 1.57. The van der Waals surface area contributed by atoms with Crippen LogP contribution in [0.4, 0.5) is 5.82 Å². The van der Waals surface area contributed by atoms with E-state index in [4.69, 9.17) is 5.73 Å². The predicted molar refractivity (Wildman–Crippen MR) is 98.7 cm³/mol. The Morgan fingerprint density at radius 1 is 1.32 bits per heavy atom. The molecular weight excluding hydrogens is 318 g/mol. The maximum atomic E-state index is 11.5. The molecule has 2 aromatic rings. The lowest BCUT2D eigenvalue weighted by molar-refractivity contribution is 0.684. The average Bonchev–Trinajstić information content (AvgIpc) is 2.60. The first-order valence-electron chi connectivity index (χ1n) is 8.52. The average molecular weight is 343 g/mol. The summed E-state index contributed by atoms with van der Waals surface area (Å²) in [5, 5.41) is 2.97. The van der Waals surface area contributed by atoms with Crippen molar-refractivity contribution in [3.63, 3.8) is 0 Å². The van der Waals surface area contributed by atoms with Crippen molar-refractivity contribution in [2.75, 3.05) is 11.9 Å². The summed E-state index contributed by atoms with van der Waals surface area (Å²) >= 11 is 0. The van der Waals surface area contributed by atoms with Crippen LogP contribution in [0.1, 0.15) is 43.4 Å². The molecule has 0 spiro atoms. The van der Waals surface area contributed by atoms with Gasteiger partial charge in [-0.2, -0.15) is 0 Å². The van der Waals surface area contributed by atoms with Crippen molar-refractivity contribution >= 4 is 11.8 Å². The zero-order chi connectivity index (χ0) is 18.1. The Hall–Kier alpha value is -2.77. The van der Waals surface area contributed by atoms with Crippen molar-refractivity contribution in [2.24, 2.45) is 10.7 Å². The van der Waals surface area contributed by atoms with Gasteiger partial charge in [-0.25, -0.2) is 15.0 Å². The first kappa shape index (κ1) is 18.6. The van der Waals surface area contributed by atoms with E-state index in [9.17, 15) is 4.79 Å². The molecule has 0 atom stereocenters. The monoisotopic (exact) mass is 343 g/mol. The molecule has 0 bridgehead atoms. The second-order valence-electron chi connectivity index (χ2n) is 5.80. The highest BCUT2D eigenvalue weighted by Gasteiger charge is 2.03. The van der Waals surface area contributed by atoms with Gasteiger partial charge < -0.3 is 16.0 Å². The second-order valence-corrected chi connectivity index (χ2v) is 5.80. The number of aromatic nitrogens is 4. The molecule has 0 saturated heterocycles. The molecule has 2 heterocycles. The van der Waals surface area contributed by atoms with Gasteiger partial charge in [-0.15, -0.1) is 0 Å². The molecule has 2 aromatic heterocycles. The number of hydrogen-bond donors (Lipinski definition) is 3. The number of aliphatic imine (C=N–C) groups is 1. The Kier molecular flexibility index (Phi) is 7.06. The van der Waals surface area contributed by atoms with Gasteiger partial charge >= 0.3 is 0 Å². The van der Waals surface area contributed by atoms with E-state index in [-0.39, 0.29) is 5.56 Å². The lowest BCUT2D eigenvalue weighted by Crippen LogP contribution is -2.23. The third-order valence-electron chi connectivity index (χ3n) is 3.56. The van der Waals surface area contributed by atoms with Gasteiger partial charge in [0.05, 0.1) is 0 Å². The standard InChI is InChI=1S/C17H25N7O/c1-3-9-20-17(18)24-15-8-10-19-13(22-15)6-4-5-7-14-21-11-12(2)16(25)23-14/h8,10-11H,3-7,9H2,1-2H3,(H,21,23,25)(H3,18,19,20,22,24). The lowest BCUT2D eigenvalue weighted by Gasteiger charge is -2.06. The number of guanidine groups is 1. The molecule has 0 saturated carbocycles. The van der Waals surface area contributed by atoms with Crippen molar-refractivity contribution < 1.29 is 0 Å². The molecule has 0 unspecified atom stereocenters. The van der Waals surface area contributed by atoms with Gasteiger partial charge in [0.15, 0.2) is 5.96 Å². The molecule has 25 heavy (non-hydrogen) atoms. The highest BCUT2D eigenvalue weighted by Crippen LogP contribution is 2.06. The van der Waals surface area contributed by atoms with Crippen LogP contribution in [0, 0.1) is 6.92 Å². The molecule has 0 aliphatic rings. The van der Waals surface area contributed by atoms with E-state index in [1.54, 1.807) is 25.4 Å². The molecule has 0 aliphatic heterocycles. The number of aromatic amines is 1. The van der Waals surface area contributed by atoms with Crippen LogP contribution in [0.15, 0.2) is 28.2 Å². The summed E-state index contributed by atoms with van der Waals surface area (Å²) in [5.41, 5.74) is 6.35. The van der Waals surface area contributed by atoms with Crippen LogP contribution in [-0.2, 0) is 12.8 Å². The van der Waals surface area contributed by atoms with E-state index in [1.165, 1.54) is 0 Å². The van der Waals surface area contributed by atoms with E-state index in [2.05, 4.69) is 30.2 Å². The third kappa shape index (κ3) is 6.33. The summed E-state index contributed by atoms with van der Waals surface area (Å²) in [6.45, 7) is 4.47. The van der Waals surface area contributed by atoms with Crippen molar-refractivity contribution in [1.29, 1.82) is 0 Å². The van der Waals surface area contributed by atoms with Crippen molar-refractivity contribution in [2.45, 2.75) is 46.0 Å². The number of H-pyrrole nitrogens is 1. The summed E-state index contributed by atoms with van der Waals surface area (Å²) in [7, 11) is 0. The van der Waals surface area contributed by atoms with Gasteiger partial charge in [0, 0.05) is 37.3 Å². The van der Waals surface area contributed by atoms with Crippen LogP contribution in [0.2, 0.25) is 0 Å². The maximum Gasteiger partial charge on any atom is 0.253 e. The number of nitrogens with two attached hydrogens (primary N) is 1. The highest BCUT2D eigenvalue weighted by atomic mass is 16.1. The summed E-state index contributed by atoms with van der Waals surface area (Å²) in [6, 6.07) is 1.76. The smallest absolute Gasteiger partial charge is 0.253 e. The summed E-state index contributed by atoms with van der Waals surface area (Å²) in [5.74, 6) is 2.47. The van der Waals surface area contributed by atoms with E-state index >= 15 is 0 Å². The van der Waals surface area contributed by atoms with Gasteiger partial charge in [-0.05, 0) is 32.3 Å². The summed E-state index contributed by atoms with van der Waals surface area (Å²) in [6.07, 6.45) is 7.53. The third-order valence-corrected chi connectivity index (χ3v) is 3.56. The van der Waals surface area contributed by atoms with Crippen LogP contribution >= 0.6 is 0 Å². The van der Waals surface area contributed by atoms with Crippen LogP contribution in [0.3, 0.4) is 0 Å².